The number of carbonyl (C=O) groups is 5. The molecule has 0 bridgehead atoms. The van der Waals surface area contributed by atoms with Crippen molar-refractivity contribution in [2.75, 3.05) is 13.2 Å². The largest absolute Gasteiger partial charge is 0.480 e. The monoisotopic (exact) mass is 480 g/mol. The molecule has 0 saturated heterocycles. The van der Waals surface area contributed by atoms with Gasteiger partial charge in [-0.25, -0.2) is 9.59 Å². The average molecular weight is 481 g/mol. The number of carbonyl (C=O) groups excluding carboxylic acids is 4. The van der Waals surface area contributed by atoms with Crippen LogP contribution in [0.3, 0.4) is 0 Å². The summed E-state index contributed by atoms with van der Waals surface area (Å²) in [5, 5.41) is 14.3. The second kappa shape index (κ2) is 14.5. The Kier molecular flexibility index (Phi) is 12.1. The van der Waals surface area contributed by atoms with E-state index >= 15 is 0 Å². The van der Waals surface area contributed by atoms with Crippen LogP contribution in [0.25, 0.3) is 0 Å². The van der Waals surface area contributed by atoms with Gasteiger partial charge in [0, 0.05) is 0 Å². The van der Waals surface area contributed by atoms with Gasteiger partial charge < -0.3 is 30.0 Å². The highest BCUT2D eigenvalue weighted by atomic mass is 16.6. The number of amides is 2. The molecule has 1 aromatic carbocycles. The lowest BCUT2D eigenvalue weighted by Gasteiger charge is -2.27. The SMILES string of the molecule is CCOC(=O)C[C@H](C(=O)OCC)[C@H](NC(=O)[C@@H](NC(=O)OCc1ccccc1)C(C)C)C(=O)O. The van der Waals surface area contributed by atoms with Gasteiger partial charge >= 0.3 is 24.0 Å². The molecule has 1 rings (SSSR count). The van der Waals surface area contributed by atoms with Crippen LogP contribution >= 0.6 is 0 Å². The molecule has 0 fully saturated rings. The lowest BCUT2D eigenvalue weighted by Crippen LogP contribution is -2.57. The van der Waals surface area contributed by atoms with Crippen molar-refractivity contribution in [3.63, 3.8) is 0 Å². The van der Waals surface area contributed by atoms with Gasteiger partial charge in [0.1, 0.15) is 18.7 Å². The predicted molar refractivity (Wildman–Crippen MR) is 119 cm³/mol. The fraction of sp³-hybridized carbons (Fsp3) is 0.522. The van der Waals surface area contributed by atoms with Crippen molar-refractivity contribution in [3.05, 3.63) is 35.9 Å². The zero-order chi connectivity index (χ0) is 25.7. The Hall–Kier alpha value is -3.63. The van der Waals surface area contributed by atoms with E-state index in [0.717, 1.165) is 5.56 Å². The normalized spacial score (nSPS) is 13.2. The number of carboxylic acids is 1. The summed E-state index contributed by atoms with van der Waals surface area (Å²) in [6, 6.07) is 5.93. The van der Waals surface area contributed by atoms with Crippen LogP contribution < -0.4 is 10.6 Å². The minimum atomic E-state index is -1.79. The number of alkyl carbamates (subject to hydrolysis) is 1. The van der Waals surface area contributed by atoms with E-state index in [1.807, 2.05) is 6.07 Å². The number of carboxylic acid groups (broad SMARTS) is 1. The van der Waals surface area contributed by atoms with Gasteiger partial charge in [0.25, 0.3) is 0 Å². The first-order valence-corrected chi connectivity index (χ1v) is 10.9. The van der Waals surface area contributed by atoms with E-state index in [4.69, 9.17) is 14.2 Å². The molecule has 0 saturated carbocycles. The minimum absolute atomic E-state index is 0.0265. The summed E-state index contributed by atoms with van der Waals surface area (Å²) in [5.74, 6) is -6.19. The van der Waals surface area contributed by atoms with Crippen LogP contribution in [0, 0.1) is 11.8 Å². The number of hydrogen-bond acceptors (Lipinski definition) is 8. The fourth-order valence-electron chi connectivity index (χ4n) is 2.99. The van der Waals surface area contributed by atoms with Gasteiger partial charge in [-0.15, -0.1) is 0 Å². The van der Waals surface area contributed by atoms with Gasteiger partial charge in [0.05, 0.1) is 25.6 Å². The molecule has 0 aliphatic rings. The first-order valence-electron chi connectivity index (χ1n) is 10.9. The molecule has 0 aliphatic carbocycles. The molecular formula is C23H32N2O9. The molecule has 11 heteroatoms. The first kappa shape index (κ1) is 28.4. The van der Waals surface area contributed by atoms with Crippen molar-refractivity contribution in [1.29, 1.82) is 0 Å². The summed E-state index contributed by atoms with van der Waals surface area (Å²) in [5.41, 5.74) is 0.741. The van der Waals surface area contributed by atoms with Crippen molar-refractivity contribution in [2.45, 2.75) is 52.8 Å². The Bertz CT molecular complexity index is 842. The molecule has 1 aromatic rings. The van der Waals surface area contributed by atoms with Crippen molar-refractivity contribution in [2.24, 2.45) is 11.8 Å². The number of esters is 2. The Balaban J connectivity index is 2.95. The molecule has 0 aliphatic heterocycles. The zero-order valence-electron chi connectivity index (χ0n) is 19.7. The highest BCUT2D eigenvalue weighted by Gasteiger charge is 2.40. The molecule has 0 heterocycles. The second-order valence-electron chi connectivity index (χ2n) is 7.62. The smallest absolute Gasteiger partial charge is 0.408 e. The molecule has 0 radical (unpaired) electrons. The Morgan fingerprint density at radius 2 is 1.50 bits per heavy atom. The summed E-state index contributed by atoms with van der Waals surface area (Å²) >= 11 is 0. The summed E-state index contributed by atoms with van der Waals surface area (Å²) in [7, 11) is 0. The maximum Gasteiger partial charge on any atom is 0.408 e. The van der Waals surface area contributed by atoms with Crippen LogP contribution in [0.4, 0.5) is 4.79 Å². The number of aliphatic carboxylic acids is 1. The van der Waals surface area contributed by atoms with Gasteiger partial charge in [0.15, 0.2) is 0 Å². The fourth-order valence-corrected chi connectivity index (χ4v) is 2.99. The molecular weight excluding hydrogens is 448 g/mol. The minimum Gasteiger partial charge on any atom is -0.480 e. The number of nitrogens with one attached hydrogen (secondary N) is 2. The highest BCUT2D eigenvalue weighted by Crippen LogP contribution is 2.15. The number of hydrogen-bond donors (Lipinski definition) is 3. The van der Waals surface area contributed by atoms with Crippen LogP contribution in [-0.2, 0) is 40.0 Å². The number of rotatable bonds is 13. The van der Waals surface area contributed by atoms with Crippen molar-refractivity contribution < 1.29 is 43.3 Å². The van der Waals surface area contributed by atoms with Crippen LogP contribution in [0.15, 0.2) is 30.3 Å². The van der Waals surface area contributed by atoms with E-state index < -0.39 is 60.2 Å². The molecule has 0 aromatic heterocycles. The average Bonchev–Trinajstić information content (AvgIpc) is 2.78. The maximum atomic E-state index is 12.9. The zero-order valence-corrected chi connectivity index (χ0v) is 19.7. The van der Waals surface area contributed by atoms with Gasteiger partial charge in [-0.2, -0.15) is 0 Å². The van der Waals surface area contributed by atoms with Crippen LogP contribution in [0.1, 0.15) is 39.7 Å². The second-order valence-corrected chi connectivity index (χ2v) is 7.62. The molecule has 11 nitrogen and oxygen atoms in total. The molecule has 0 unspecified atom stereocenters. The topological polar surface area (TPSA) is 157 Å². The van der Waals surface area contributed by atoms with E-state index in [1.165, 1.54) is 6.92 Å². The standard InChI is InChI=1S/C23H32N2O9/c1-5-32-17(26)12-16(22(30)33-6-2)19(21(28)29)24-20(27)18(14(3)4)25-23(31)34-13-15-10-8-7-9-11-15/h7-11,14,16,18-19H,5-6,12-13H2,1-4H3,(H,24,27)(H,25,31)(H,28,29)/t16-,18-,19-/m0/s1. The van der Waals surface area contributed by atoms with Gasteiger partial charge in [0.2, 0.25) is 5.91 Å². The van der Waals surface area contributed by atoms with Crippen molar-refractivity contribution in [1.82, 2.24) is 10.6 Å². The molecule has 3 atom stereocenters. The van der Waals surface area contributed by atoms with Crippen LogP contribution in [-0.4, -0.2) is 60.3 Å². The number of ether oxygens (including phenoxy) is 3. The lowest BCUT2D eigenvalue weighted by molar-refractivity contribution is -0.160. The molecule has 34 heavy (non-hydrogen) atoms. The predicted octanol–water partition coefficient (Wildman–Crippen LogP) is 1.64. The van der Waals surface area contributed by atoms with E-state index in [-0.39, 0.29) is 19.8 Å². The van der Waals surface area contributed by atoms with E-state index in [2.05, 4.69) is 10.6 Å². The molecule has 2 amide bonds. The third kappa shape index (κ3) is 9.47. The van der Waals surface area contributed by atoms with Gasteiger partial charge in [-0.3, -0.25) is 14.4 Å². The van der Waals surface area contributed by atoms with Crippen LogP contribution in [0.2, 0.25) is 0 Å². The number of benzene rings is 1. The quantitative estimate of drug-likeness (QED) is 0.282. The third-order valence-corrected chi connectivity index (χ3v) is 4.68. The maximum absolute atomic E-state index is 12.9. The molecule has 0 spiro atoms. The summed E-state index contributed by atoms with van der Waals surface area (Å²) in [6.45, 7) is 6.31. The summed E-state index contributed by atoms with van der Waals surface area (Å²) in [4.78, 5) is 61.4. The highest BCUT2D eigenvalue weighted by molar-refractivity contribution is 5.93. The first-order chi connectivity index (χ1) is 16.1. The summed E-state index contributed by atoms with van der Waals surface area (Å²) < 4.78 is 14.8. The van der Waals surface area contributed by atoms with Crippen molar-refractivity contribution in [3.8, 4) is 0 Å². The Morgan fingerprint density at radius 3 is 2.03 bits per heavy atom. The lowest BCUT2D eigenvalue weighted by atomic mass is 9.94. The van der Waals surface area contributed by atoms with E-state index in [0.29, 0.717) is 0 Å². The Labute approximate surface area is 198 Å². The Morgan fingerprint density at radius 1 is 0.882 bits per heavy atom. The molecule has 188 valence electrons. The van der Waals surface area contributed by atoms with E-state index in [9.17, 15) is 29.1 Å². The third-order valence-electron chi connectivity index (χ3n) is 4.68. The van der Waals surface area contributed by atoms with Gasteiger partial charge in [-0.05, 0) is 25.3 Å². The van der Waals surface area contributed by atoms with Crippen molar-refractivity contribution >= 4 is 29.9 Å². The van der Waals surface area contributed by atoms with Gasteiger partial charge in [-0.1, -0.05) is 44.2 Å². The van der Waals surface area contributed by atoms with E-state index in [1.54, 1.807) is 45.0 Å². The summed E-state index contributed by atoms with van der Waals surface area (Å²) in [6.07, 6.45) is -1.49. The van der Waals surface area contributed by atoms with Crippen LogP contribution in [0.5, 0.6) is 0 Å². The molecule has 3 N–H and O–H groups in total.